The van der Waals surface area contributed by atoms with E-state index in [1.54, 1.807) is 0 Å². The van der Waals surface area contributed by atoms with Gasteiger partial charge in [0.1, 0.15) is 5.75 Å². The highest BCUT2D eigenvalue weighted by molar-refractivity contribution is 5.47. The summed E-state index contributed by atoms with van der Waals surface area (Å²) in [5, 5.41) is 11.2. The summed E-state index contributed by atoms with van der Waals surface area (Å²) < 4.78 is 5.79. The van der Waals surface area contributed by atoms with Crippen LogP contribution < -0.4 is 4.74 Å². The molecule has 1 N–H and O–H groups in total. The molecular weight excluding hydrogens is 236 g/mol. The molecule has 1 aliphatic carbocycles. The van der Waals surface area contributed by atoms with E-state index >= 15 is 0 Å². The Morgan fingerprint density at radius 3 is 2.79 bits per heavy atom. The Morgan fingerprint density at radius 1 is 1.26 bits per heavy atom. The minimum atomic E-state index is -0.717. The average Bonchev–Trinajstić information content (AvgIpc) is 2.82. The highest BCUT2D eigenvalue weighted by Crippen LogP contribution is 2.51. The van der Waals surface area contributed by atoms with Gasteiger partial charge in [-0.1, -0.05) is 39.0 Å². The van der Waals surface area contributed by atoms with Crippen molar-refractivity contribution >= 4 is 0 Å². The molecule has 0 aromatic heterocycles. The predicted octanol–water partition coefficient (Wildman–Crippen LogP) is 3.66. The van der Waals surface area contributed by atoms with Crippen LogP contribution in [0.5, 0.6) is 5.75 Å². The molecule has 2 aliphatic rings. The fourth-order valence-electron chi connectivity index (χ4n) is 3.83. The molecule has 1 fully saturated rings. The van der Waals surface area contributed by atoms with Crippen molar-refractivity contribution in [1.29, 1.82) is 0 Å². The van der Waals surface area contributed by atoms with Crippen LogP contribution in [0, 0.1) is 11.3 Å². The summed E-state index contributed by atoms with van der Waals surface area (Å²) in [6.45, 7) is 7.53. The first kappa shape index (κ1) is 13.0. The summed E-state index contributed by atoms with van der Waals surface area (Å²) in [4.78, 5) is 0. The SMILES string of the molecule is CC1CC(C)(C)CCC1(O)c1cccc2c1OCC2. The van der Waals surface area contributed by atoms with E-state index in [0.717, 1.165) is 43.6 Å². The summed E-state index contributed by atoms with van der Waals surface area (Å²) in [7, 11) is 0. The van der Waals surface area contributed by atoms with E-state index in [9.17, 15) is 5.11 Å². The molecule has 2 heteroatoms. The largest absolute Gasteiger partial charge is 0.493 e. The van der Waals surface area contributed by atoms with Crippen LogP contribution in [0.4, 0.5) is 0 Å². The van der Waals surface area contributed by atoms with Crippen LogP contribution in [-0.2, 0) is 12.0 Å². The van der Waals surface area contributed by atoms with Crippen LogP contribution in [0.15, 0.2) is 18.2 Å². The maximum Gasteiger partial charge on any atom is 0.128 e. The molecule has 1 saturated carbocycles. The molecule has 0 amide bonds. The van der Waals surface area contributed by atoms with Gasteiger partial charge in [-0.25, -0.2) is 0 Å². The summed E-state index contributed by atoms with van der Waals surface area (Å²) in [5.74, 6) is 1.23. The molecule has 3 rings (SSSR count). The lowest BCUT2D eigenvalue weighted by atomic mass is 9.63. The second kappa shape index (κ2) is 4.24. The predicted molar refractivity (Wildman–Crippen MR) is 76.3 cm³/mol. The smallest absolute Gasteiger partial charge is 0.128 e. The van der Waals surface area contributed by atoms with Gasteiger partial charge in [0.2, 0.25) is 0 Å². The minimum absolute atomic E-state index is 0.270. The van der Waals surface area contributed by atoms with Crippen LogP contribution in [0.2, 0.25) is 0 Å². The van der Waals surface area contributed by atoms with Crippen molar-refractivity contribution in [3.8, 4) is 5.75 Å². The normalized spacial score (nSPS) is 32.7. The first-order valence-corrected chi connectivity index (χ1v) is 7.40. The van der Waals surface area contributed by atoms with E-state index in [1.165, 1.54) is 5.56 Å². The Kier molecular flexibility index (Phi) is 2.90. The fourth-order valence-corrected chi connectivity index (χ4v) is 3.83. The molecule has 0 saturated heterocycles. The average molecular weight is 260 g/mol. The van der Waals surface area contributed by atoms with Gasteiger partial charge >= 0.3 is 0 Å². The van der Waals surface area contributed by atoms with Gasteiger partial charge in [0, 0.05) is 12.0 Å². The Bertz CT molecular complexity index is 492. The molecule has 1 aromatic carbocycles. The lowest BCUT2D eigenvalue weighted by Gasteiger charge is -2.45. The monoisotopic (exact) mass is 260 g/mol. The zero-order valence-electron chi connectivity index (χ0n) is 12.2. The van der Waals surface area contributed by atoms with E-state index in [2.05, 4.69) is 39.0 Å². The summed E-state index contributed by atoms with van der Waals surface area (Å²) in [6.07, 6.45) is 3.94. The number of hydrogen-bond acceptors (Lipinski definition) is 2. The van der Waals surface area contributed by atoms with Gasteiger partial charge in [-0.2, -0.15) is 0 Å². The molecule has 19 heavy (non-hydrogen) atoms. The van der Waals surface area contributed by atoms with E-state index in [1.807, 2.05) is 0 Å². The molecule has 1 heterocycles. The van der Waals surface area contributed by atoms with Crippen molar-refractivity contribution < 1.29 is 9.84 Å². The molecule has 0 bridgehead atoms. The first-order chi connectivity index (χ1) is 8.92. The lowest BCUT2D eigenvalue weighted by Crippen LogP contribution is -2.41. The van der Waals surface area contributed by atoms with Crippen LogP contribution >= 0.6 is 0 Å². The molecule has 2 nitrogen and oxygen atoms in total. The van der Waals surface area contributed by atoms with Crippen LogP contribution in [-0.4, -0.2) is 11.7 Å². The standard InChI is InChI=1S/C17H24O2/c1-12-11-16(2,3)8-9-17(12,18)14-6-4-5-13-7-10-19-15(13)14/h4-6,12,18H,7-11H2,1-3H3. The Balaban J connectivity index is 2.00. The molecule has 1 aliphatic heterocycles. The van der Waals surface area contributed by atoms with E-state index in [-0.39, 0.29) is 5.92 Å². The third-order valence-corrected chi connectivity index (χ3v) is 5.04. The Labute approximate surface area is 115 Å². The second-order valence-corrected chi connectivity index (χ2v) is 7.09. The summed E-state index contributed by atoms with van der Waals surface area (Å²) in [6, 6.07) is 6.24. The van der Waals surface area contributed by atoms with Crippen LogP contribution in [0.25, 0.3) is 0 Å². The summed E-state index contributed by atoms with van der Waals surface area (Å²) in [5.41, 5.74) is 1.89. The Hall–Kier alpha value is -1.02. The van der Waals surface area contributed by atoms with E-state index in [4.69, 9.17) is 4.74 Å². The van der Waals surface area contributed by atoms with Gasteiger partial charge in [0.15, 0.2) is 0 Å². The highest BCUT2D eigenvalue weighted by atomic mass is 16.5. The van der Waals surface area contributed by atoms with Crippen LogP contribution in [0.3, 0.4) is 0 Å². The highest BCUT2D eigenvalue weighted by Gasteiger charge is 2.45. The van der Waals surface area contributed by atoms with Crippen molar-refractivity contribution in [3.05, 3.63) is 29.3 Å². The van der Waals surface area contributed by atoms with Crippen LogP contribution in [0.1, 0.15) is 51.2 Å². The van der Waals surface area contributed by atoms with Gasteiger partial charge in [-0.3, -0.25) is 0 Å². The molecular formula is C17H24O2. The number of aliphatic hydroxyl groups is 1. The zero-order chi connectivity index (χ0) is 13.7. The van der Waals surface area contributed by atoms with Crippen molar-refractivity contribution in [2.75, 3.05) is 6.61 Å². The van der Waals surface area contributed by atoms with Crippen molar-refractivity contribution in [1.82, 2.24) is 0 Å². The Morgan fingerprint density at radius 2 is 2.05 bits per heavy atom. The number of ether oxygens (including phenoxy) is 1. The third kappa shape index (κ3) is 2.06. The molecule has 2 unspecified atom stereocenters. The fraction of sp³-hybridized carbons (Fsp3) is 0.647. The maximum absolute atomic E-state index is 11.2. The third-order valence-electron chi connectivity index (χ3n) is 5.04. The second-order valence-electron chi connectivity index (χ2n) is 7.09. The number of benzene rings is 1. The summed E-state index contributed by atoms with van der Waals surface area (Å²) >= 11 is 0. The van der Waals surface area contributed by atoms with Gasteiger partial charge in [-0.05, 0) is 36.2 Å². The number of fused-ring (bicyclic) bond motifs is 1. The van der Waals surface area contributed by atoms with Gasteiger partial charge in [-0.15, -0.1) is 0 Å². The quantitative estimate of drug-likeness (QED) is 0.835. The number of hydrogen-bond donors (Lipinski definition) is 1. The number of rotatable bonds is 1. The molecule has 104 valence electrons. The first-order valence-electron chi connectivity index (χ1n) is 7.40. The van der Waals surface area contributed by atoms with Crippen molar-refractivity contribution in [2.45, 2.75) is 52.1 Å². The maximum atomic E-state index is 11.2. The zero-order valence-corrected chi connectivity index (χ0v) is 12.2. The topological polar surface area (TPSA) is 29.5 Å². The van der Waals surface area contributed by atoms with Gasteiger partial charge in [0.25, 0.3) is 0 Å². The lowest BCUT2D eigenvalue weighted by molar-refractivity contribution is -0.0781. The van der Waals surface area contributed by atoms with Crippen molar-refractivity contribution in [3.63, 3.8) is 0 Å². The molecule has 2 atom stereocenters. The van der Waals surface area contributed by atoms with E-state index in [0.29, 0.717) is 5.41 Å². The van der Waals surface area contributed by atoms with Gasteiger partial charge in [0.05, 0.1) is 12.2 Å². The molecule has 0 spiro atoms. The van der Waals surface area contributed by atoms with Gasteiger partial charge < -0.3 is 9.84 Å². The van der Waals surface area contributed by atoms with Crippen molar-refractivity contribution in [2.24, 2.45) is 11.3 Å². The molecule has 1 aromatic rings. The molecule has 0 radical (unpaired) electrons. The number of para-hydroxylation sites is 1. The minimum Gasteiger partial charge on any atom is -0.493 e. The van der Waals surface area contributed by atoms with E-state index < -0.39 is 5.60 Å².